The number of ether oxygens (including phenoxy) is 2. The second-order valence-corrected chi connectivity index (χ2v) is 5.11. The first-order chi connectivity index (χ1) is 11.1. The fraction of sp³-hybridized carbons (Fsp3) is 0.889. The van der Waals surface area contributed by atoms with E-state index in [1.54, 1.807) is 0 Å². The van der Waals surface area contributed by atoms with Gasteiger partial charge in [-0.05, 0) is 0 Å². The Balaban J connectivity index is 2.93. The zero-order valence-corrected chi connectivity index (χ0v) is 11.1. The zero-order chi connectivity index (χ0) is 21.0. The van der Waals surface area contributed by atoms with E-state index in [9.17, 15) is 61.9 Å². The van der Waals surface area contributed by atoms with Gasteiger partial charge in [0.15, 0.2) is 0 Å². The minimum Gasteiger partial charge on any atom is -0.477 e. The van der Waals surface area contributed by atoms with Gasteiger partial charge in [0, 0.05) is 0 Å². The van der Waals surface area contributed by atoms with Crippen molar-refractivity contribution in [2.24, 2.45) is 0 Å². The molecule has 1 saturated heterocycles. The summed E-state index contributed by atoms with van der Waals surface area (Å²) in [7, 11) is 0. The van der Waals surface area contributed by atoms with Crippen molar-refractivity contribution in [1.29, 1.82) is 0 Å². The van der Waals surface area contributed by atoms with Crippen LogP contribution in [-0.4, -0.2) is 58.4 Å². The molecule has 0 bridgehead atoms. The normalized spacial score (nSPS) is 43.0. The van der Waals surface area contributed by atoms with Crippen LogP contribution in [0.3, 0.4) is 0 Å². The summed E-state index contributed by atoms with van der Waals surface area (Å²) in [5, 5.41) is 8.31. The highest BCUT2D eigenvalue weighted by atomic mass is 19.4. The molecule has 26 heavy (non-hydrogen) atoms. The van der Waals surface area contributed by atoms with Crippen molar-refractivity contribution in [2.45, 2.75) is 47.4 Å². The number of carbonyl (C=O) groups is 1. The zero-order valence-electron chi connectivity index (χ0n) is 11.1. The van der Waals surface area contributed by atoms with Crippen LogP contribution in [0, 0.1) is 0 Å². The van der Waals surface area contributed by atoms with Gasteiger partial charge in [0.05, 0.1) is 0 Å². The number of hydrogen-bond donors (Lipinski definition) is 1. The molecule has 0 radical (unpaired) electrons. The summed E-state index contributed by atoms with van der Waals surface area (Å²) in [6.45, 7) is 0. The summed E-state index contributed by atoms with van der Waals surface area (Å²) in [6, 6.07) is 0. The van der Waals surface area contributed by atoms with Crippen LogP contribution >= 0.6 is 0 Å². The second kappa shape index (κ2) is 4.48. The van der Waals surface area contributed by atoms with Crippen LogP contribution in [0.5, 0.6) is 0 Å². The smallest absolute Gasteiger partial charge is 0.455 e. The summed E-state index contributed by atoms with van der Waals surface area (Å²) in [5.74, 6) is -53.8. The van der Waals surface area contributed by atoms with Crippen LogP contribution in [0.2, 0.25) is 0 Å². The van der Waals surface area contributed by atoms with Crippen LogP contribution in [0.4, 0.5) is 57.1 Å². The van der Waals surface area contributed by atoms with E-state index in [1.807, 2.05) is 0 Å². The molecule has 0 amide bonds. The van der Waals surface area contributed by atoms with Gasteiger partial charge >= 0.3 is 53.3 Å². The van der Waals surface area contributed by atoms with Gasteiger partial charge in [0.25, 0.3) is 0 Å². The van der Waals surface area contributed by atoms with E-state index in [-0.39, 0.29) is 0 Å². The first-order valence-corrected chi connectivity index (χ1v) is 5.70. The van der Waals surface area contributed by atoms with Crippen LogP contribution in [0.15, 0.2) is 0 Å². The number of halogens is 13. The van der Waals surface area contributed by atoms with Gasteiger partial charge in [-0.1, -0.05) is 0 Å². The number of carboxylic acids is 1. The van der Waals surface area contributed by atoms with Crippen LogP contribution in [0.1, 0.15) is 0 Å². The molecule has 2 fully saturated rings. The topological polar surface area (TPSA) is 55.8 Å². The van der Waals surface area contributed by atoms with Gasteiger partial charge in [-0.15, -0.1) is 0 Å². The third kappa shape index (κ3) is 1.64. The lowest BCUT2D eigenvalue weighted by Crippen LogP contribution is -2.84. The van der Waals surface area contributed by atoms with Crippen molar-refractivity contribution in [2.75, 3.05) is 0 Å². The molecule has 2 atom stereocenters. The minimum absolute atomic E-state index is 2.42. The maximum atomic E-state index is 14.1. The molecule has 4 nitrogen and oxygen atoms in total. The monoisotopic (exact) mass is 420 g/mol. The number of aliphatic carboxylic acids is 1. The number of hydrogen-bond acceptors (Lipinski definition) is 3. The molecule has 2 rings (SSSR count). The number of rotatable bonds is 1. The molecule has 1 saturated carbocycles. The molecule has 1 heterocycles. The van der Waals surface area contributed by atoms with Crippen LogP contribution in [0.25, 0.3) is 0 Å². The maximum absolute atomic E-state index is 14.1. The van der Waals surface area contributed by atoms with Gasteiger partial charge in [-0.25, -0.2) is 4.79 Å². The van der Waals surface area contributed by atoms with E-state index in [0.717, 1.165) is 0 Å². The Hall–Kier alpha value is -1.52. The molecule has 1 aliphatic carbocycles. The molecular formula is C9HF13O4. The standard InChI is InChI=1S/C9HF13O4/c10-3(11)4(12,13)6(16,17)8(19)7(18,5(3,14)15)25-2(26-8,1(23)24)9(20,21)22/h(H,23,24). The van der Waals surface area contributed by atoms with E-state index in [1.165, 1.54) is 0 Å². The highest BCUT2D eigenvalue weighted by Crippen LogP contribution is 2.73. The Bertz CT molecular complexity index is 616. The lowest BCUT2D eigenvalue weighted by atomic mass is 9.78. The Labute approximate surface area is 131 Å². The fourth-order valence-corrected chi connectivity index (χ4v) is 2.20. The maximum Gasteiger partial charge on any atom is 0.455 e. The molecule has 17 heteroatoms. The van der Waals surface area contributed by atoms with Gasteiger partial charge in [-0.2, -0.15) is 57.1 Å². The van der Waals surface area contributed by atoms with E-state index in [2.05, 4.69) is 9.47 Å². The molecule has 1 aliphatic heterocycles. The van der Waals surface area contributed by atoms with Crippen molar-refractivity contribution in [3.05, 3.63) is 0 Å². The van der Waals surface area contributed by atoms with E-state index in [4.69, 9.17) is 5.11 Å². The fourth-order valence-electron chi connectivity index (χ4n) is 2.20. The molecule has 1 N–H and O–H groups in total. The molecule has 2 unspecified atom stereocenters. The number of carboxylic acid groups (broad SMARTS) is 1. The predicted molar refractivity (Wildman–Crippen MR) is 46.1 cm³/mol. The number of fused-ring (bicyclic) bond motifs is 1. The Morgan fingerprint density at radius 3 is 1.12 bits per heavy atom. The Morgan fingerprint density at radius 1 is 0.654 bits per heavy atom. The Morgan fingerprint density at radius 2 is 0.923 bits per heavy atom. The molecular weight excluding hydrogens is 419 g/mol. The van der Waals surface area contributed by atoms with Crippen molar-refractivity contribution >= 4 is 5.97 Å². The summed E-state index contributed by atoms with van der Waals surface area (Å²) < 4.78 is 177. The van der Waals surface area contributed by atoms with Crippen molar-refractivity contribution < 1.29 is 76.5 Å². The van der Waals surface area contributed by atoms with Gasteiger partial charge < -0.3 is 5.11 Å². The molecule has 0 spiro atoms. The third-order valence-electron chi connectivity index (χ3n) is 3.63. The molecule has 0 aromatic heterocycles. The SMILES string of the molecule is O=C(O)C1(C(F)(F)F)OC2(F)C(F)(F)C(F)(F)C(F)(F)C(F)(F)C2(F)O1. The van der Waals surface area contributed by atoms with Gasteiger partial charge in [0.1, 0.15) is 0 Å². The summed E-state index contributed by atoms with van der Waals surface area (Å²) in [5.41, 5.74) is 0. The largest absolute Gasteiger partial charge is 0.477 e. The highest BCUT2D eigenvalue weighted by Gasteiger charge is 3.06. The minimum atomic E-state index is -7.53. The average molecular weight is 420 g/mol. The van der Waals surface area contributed by atoms with Crippen LogP contribution < -0.4 is 0 Å². The third-order valence-corrected chi connectivity index (χ3v) is 3.63. The van der Waals surface area contributed by atoms with Gasteiger partial charge in [0.2, 0.25) is 0 Å². The molecule has 0 aromatic rings. The van der Waals surface area contributed by atoms with Crippen molar-refractivity contribution in [1.82, 2.24) is 0 Å². The quantitative estimate of drug-likeness (QED) is 0.662. The predicted octanol–water partition coefficient (Wildman–Crippen LogP) is 3.26. The lowest BCUT2D eigenvalue weighted by Gasteiger charge is -2.50. The van der Waals surface area contributed by atoms with Crippen LogP contribution in [-0.2, 0) is 14.3 Å². The van der Waals surface area contributed by atoms with Crippen molar-refractivity contribution in [3.63, 3.8) is 0 Å². The summed E-state index contributed by atoms with van der Waals surface area (Å²) in [6.07, 6.45) is -6.86. The summed E-state index contributed by atoms with van der Waals surface area (Å²) >= 11 is 0. The van der Waals surface area contributed by atoms with Gasteiger partial charge in [-0.3, -0.25) is 9.47 Å². The lowest BCUT2D eigenvalue weighted by molar-refractivity contribution is -0.507. The molecule has 2 aliphatic rings. The molecule has 0 aromatic carbocycles. The van der Waals surface area contributed by atoms with E-state index < -0.39 is 53.3 Å². The second-order valence-electron chi connectivity index (χ2n) is 5.11. The Kier molecular flexibility index (Phi) is 3.58. The number of alkyl halides is 13. The first-order valence-electron chi connectivity index (χ1n) is 5.70. The van der Waals surface area contributed by atoms with E-state index >= 15 is 0 Å². The summed E-state index contributed by atoms with van der Waals surface area (Å²) in [4.78, 5) is 10.6. The highest BCUT2D eigenvalue weighted by molar-refractivity contribution is 5.77. The van der Waals surface area contributed by atoms with E-state index in [0.29, 0.717) is 0 Å². The van der Waals surface area contributed by atoms with Crippen molar-refractivity contribution in [3.8, 4) is 0 Å². The average Bonchev–Trinajstić information content (AvgIpc) is 2.69. The first kappa shape index (κ1) is 20.8. The molecule has 152 valence electrons.